The molecule has 0 atom stereocenters. The Morgan fingerprint density at radius 1 is 1.07 bits per heavy atom. The number of hydrogen-bond donors (Lipinski definition) is 1. The number of rotatable bonds is 6. The maximum absolute atomic E-state index is 5.47. The van der Waals surface area contributed by atoms with Gasteiger partial charge in [-0.1, -0.05) is 25.2 Å². The summed E-state index contributed by atoms with van der Waals surface area (Å²) in [5.74, 6) is 1.68. The van der Waals surface area contributed by atoms with Crippen LogP contribution in [0.3, 0.4) is 0 Å². The molecule has 9 heteroatoms. The van der Waals surface area contributed by atoms with Crippen LogP contribution in [0, 0.1) is 0 Å². The Hall–Kier alpha value is -3.33. The van der Waals surface area contributed by atoms with Crippen LogP contribution in [-0.2, 0) is 0 Å². The third-order valence-corrected chi connectivity index (χ3v) is 4.55. The Bertz CT molecular complexity index is 1070. The first-order valence-corrected chi connectivity index (χ1v) is 10.1. The maximum atomic E-state index is 5.47. The Labute approximate surface area is 173 Å². The van der Waals surface area contributed by atoms with Crippen LogP contribution < -0.4 is 14.8 Å². The van der Waals surface area contributed by atoms with Gasteiger partial charge >= 0.3 is 0 Å². The predicted octanol–water partition coefficient (Wildman–Crippen LogP) is 4.72. The minimum Gasteiger partial charge on any atom is -0.491 e. The molecule has 0 spiro atoms. The maximum Gasteiger partial charge on any atom is 0.256 e. The highest BCUT2D eigenvalue weighted by molar-refractivity contribution is 7.21. The highest BCUT2D eigenvalue weighted by atomic mass is 32.1. The largest absolute Gasteiger partial charge is 0.491 e. The monoisotopic (exact) mass is 410 g/mol. The first kappa shape index (κ1) is 20.4. The van der Waals surface area contributed by atoms with Crippen molar-refractivity contribution in [1.82, 2.24) is 24.9 Å². The average Bonchev–Trinajstić information content (AvgIpc) is 3.17. The number of nitrogens with zero attached hydrogens (tertiary/aromatic N) is 5. The molecule has 0 radical (unpaired) electrons. The number of pyridine rings is 2. The zero-order chi connectivity index (χ0) is 20.6. The SMILES string of the molecule is CC.CCOc1ncc(-c2ccc3nc(Nc4cnccn4)sc3n2)cc1OC. The minimum absolute atomic E-state index is 0.470. The normalized spacial score (nSPS) is 10.2. The molecule has 4 rings (SSSR count). The summed E-state index contributed by atoms with van der Waals surface area (Å²) < 4.78 is 10.8. The summed E-state index contributed by atoms with van der Waals surface area (Å²) in [5, 5.41) is 3.84. The molecule has 0 saturated heterocycles. The van der Waals surface area contributed by atoms with Crippen LogP contribution in [0.2, 0.25) is 0 Å². The van der Waals surface area contributed by atoms with Crippen molar-refractivity contribution in [3.8, 4) is 22.9 Å². The van der Waals surface area contributed by atoms with Gasteiger partial charge in [0.25, 0.3) is 5.88 Å². The van der Waals surface area contributed by atoms with E-state index in [-0.39, 0.29) is 0 Å². The van der Waals surface area contributed by atoms with Crippen molar-refractivity contribution in [2.24, 2.45) is 0 Å². The Morgan fingerprint density at radius 2 is 1.93 bits per heavy atom. The fourth-order valence-corrected chi connectivity index (χ4v) is 3.31. The number of anilines is 2. The molecule has 150 valence electrons. The van der Waals surface area contributed by atoms with Gasteiger partial charge < -0.3 is 14.8 Å². The topological polar surface area (TPSA) is 94.9 Å². The second-order valence-corrected chi connectivity index (χ2v) is 6.40. The summed E-state index contributed by atoms with van der Waals surface area (Å²) in [6, 6.07) is 5.70. The number of aromatic nitrogens is 5. The van der Waals surface area contributed by atoms with E-state index in [0.717, 1.165) is 21.6 Å². The summed E-state index contributed by atoms with van der Waals surface area (Å²) in [4.78, 5) is 22.6. The number of methoxy groups -OCH3 is 1. The number of nitrogens with one attached hydrogen (secondary N) is 1. The average molecular weight is 411 g/mol. The third kappa shape index (κ3) is 4.75. The first-order chi connectivity index (χ1) is 14.3. The number of hydrogen-bond acceptors (Lipinski definition) is 9. The van der Waals surface area contributed by atoms with Gasteiger partial charge in [0.15, 0.2) is 16.7 Å². The zero-order valence-electron chi connectivity index (χ0n) is 16.7. The predicted molar refractivity (Wildman–Crippen MR) is 115 cm³/mol. The van der Waals surface area contributed by atoms with Gasteiger partial charge in [-0.15, -0.1) is 0 Å². The second kappa shape index (κ2) is 9.74. The van der Waals surface area contributed by atoms with E-state index in [0.29, 0.717) is 29.2 Å². The van der Waals surface area contributed by atoms with Gasteiger partial charge in [0, 0.05) is 24.2 Å². The first-order valence-electron chi connectivity index (χ1n) is 9.24. The lowest BCUT2D eigenvalue weighted by atomic mass is 10.2. The molecule has 0 amide bonds. The highest BCUT2D eigenvalue weighted by Crippen LogP contribution is 2.32. The van der Waals surface area contributed by atoms with Gasteiger partial charge in [-0.25, -0.2) is 19.9 Å². The number of ether oxygens (including phenoxy) is 2. The van der Waals surface area contributed by atoms with E-state index in [9.17, 15) is 0 Å². The molecule has 0 aliphatic carbocycles. The Balaban J connectivity index is 0.00000117. The van der Waals surface area contributed by atoms with Gasteiger partial charge in [-0.3, -0.25) is 4.98 Å². The van der Waals surface area contributed by atoms with Gasteiger partial charge in [0.1, 0.15) is 10.3 Å². The van der Waals surface area contributed by atoms with Crippen molar-refractivity contribution >= 4 is 32.6 Å². The molecule has 0 bridgehead atoms. The lowest BCUT2D eigenvalue weighted by Gasteiger charge is -2.09. The fraction of sp³-hybridized carbons (Fsp3) is 0.250. The summed E-state index contributed by atoms with van der Waals surface area (Å²) in [5.41, 5.74) is 2.43. The molecule has 0 aliphatic heterocycles. The second-order valence-electron chi connectivity index (χ2n) is 5.42. The van der Waals surface area contributed by atoms with E-state index < -0.39 is 0 Å². The summed E-state index contributed by atoms with van der Waals surface area (Å²) >= 11 is 1.44. The molecular weight excluding hydrogens is 388 g/mol. The van der Waals surface area contributed by atoms with Crippen molar-refractivity contribution in [2.45, 2.75) is 20.8 Å². The summed E-state index contributed by atoms with van der Waals surface area (Å²) in [6.07, 6.45) is 6.61. The van der Waals surface area contributed by atoms with Crippen LogP contribution in [0.4, 0.5) is 10.9 Å². The van der Waals surface area contributed by atoms with Crippen LogP contribution in [0.25, 0.3) is 21.6 Å². The number of fused-ring (bicyclic) bond motifs is 1. The third-order valence-electron chi connectivity index (χ3n) is 3.67. The molecule has 0 fully saturated rings. The molecule has 0 unspecified atom stereocenters. The van der Waals surface area contributed by atoms with Crippen LogP contribution >= 0.6 is 11.3 Å². The summed E-state index contributed by atoms with van der Waals surface area (Å²) in [7, 11) is 1.59. The van der Waals surface area contributed by atoms with Crippen LogP contribution in [-0.4, -0.2) is 38.6 Å². The molecule has 4 heterocycles. The van der Waals surface area contributed by atoms with Crippen molar-refractivity contribution in [3.63, 3.8) is 0 Å². The van der Waals surface area contributed by atoms with E-state index in [1.807, 2.05) is 39.0 Å². The summed E-state index contributed by atoms with van der Waals surface area (Å²) in [6.45, 7) is 6.43. The quantitative estimate of drug-likeness (QED) is 0.488. The lowest BCUT2D eigenvalue weighted by Crippen LogP contribution is -1.98. The van der Waals surface area contributed by atoms with E-state index >= 15 is 0 Å². The lowest BCUT2D eigenvalue weighted by molar-refractivity contribution is 0.298. The van der Waals surface area contributed by atoms with Gasteiger partial charge in [0.05, 0.1) is 25.6 Å². The van der Waals surface area contributed by atoms with Crippen molar-refractivity contribution in [3.05, 3.63) is 43.0 Å². The zero-order valence-corrected chi connectivity index (χ0v) is 17.5. The molecule has 8 nitrogen and oxygen atoms in total. The smallest absolute Gasteiger partial charge is 0.256 e. The van der Waals surface area contributed by atoms with Gasteiger partial charge in [0.2, 0.25) is 0 Å². The van der Waals surface area contributed by atoms with Gasteiger partial charge in [-0.2, -0.15) is 0 Å². The molecule has 4 aromatic rings. The standard InChI is InChI=1S/C18H16N6O2S.C2H6/c1-3-26-16-14(25-2)8-11(9-21-16)12-4-5-13-17(22-12)27-18(23-13)24-15-10-19-6-7-20-15;1-2/h4-10H,3H2,1-2H3,(H,20,23,24);1-2H3. The van der Waals surface area contributed by atoms with E-state index in [1.165, 1.54) is 11.3 Å². The molecule has 29 heavy (non-hydrogen) atoms. The molecule has 0 saturated carbocycles. The molecular formula is C20H22N6O2S. The van der Waals surface area contributed by atoms with Gasteiger partial charge in [-0.05, 0) is 25.1 Å². The van der Waals surface area contributed by atoms with Crippen LogP contribution in [0.1, 0.15) is 20.8 Å². The van der Waals surface area contributed by atoms with Crippen LogP contribution in [0.15, 0.2) is 43.0 Å². The van der Waals surface area contributed by atoms with Crippen molar-refractivity contribution in [2.75, 3.05) is 19.0 Å². The van der Waals surface area contributed by atoms with Crippen LogP contribution in [0.5, 0.6) is 11.6 Å². The van der Waals surface area contributed by atoms with Crippen molar-refractivity contribution in [1.29, 1.82) is 0 Å². The number of thiazole rings is 1. The Kier molecular flexibility index (Phi) is 6.85. The molecule has 4 aromatic heterocycles. The van der Waals surface area contributed by atoms with E-state index in [4.69, 9.17) is 14.5 Å². The Morgan fingerprint density at radius 3 is 2.66 bits per heavy atom. The molecule has 0 aromatic carbocycles. The minimum atomic E-state index is 0.470. The molecule has 0 aliphatic rings. The van der Waals surface area contributed by atoms with E-state index in [2.05, 4.69) is 25.3 Å². The molecule has 1 N–H and O–H groups in total. The fourth-order valence-electron chi connectivity index (χ4n) is 2.47. The van der Waals surface area contributed by atoms with Crippen molar-refractivity contribution < 1.29 is 9.47 Å². The van der Waals surface area contributed by atoms with E-state index in [1.54, 1.807) is 31.9 Å². The highest BCUT2D eigenvalue weighted by Gasteiger charge is 2.12.